The minimum Gasteiger partial charge on any atom is -0.263 e. The molecule has 2 nitrogen and oxygen atoms in total. The fourth-order valence-corrected chi connectivity index (χ4v) is 2.41. The molecule has 0 atom stereocenters. The van der Waals surface area contributed by atoms with E-state index in [1.807, 2.05) is 18.6 Å². The molecule has 0 radical (unpaired) electrons. The lowest BCUT2D eigenvalue weighted by atomic mass is 9.98. The Hall–Kier alpha value is -2.48. The van der Waals surface area contributed by atoms with Gasteiger partial charge in [0.15, 0.2) is 0 Å². The van der Waals surface area contributed by atoms with Gasteiger partial charge >= 0.3 is 0 Å². The Morgan fingerprint density at radius 3 is 2.67 bits per heavy atom. The lowest BCUT2D eigenvalue weighted by Crippen LogP contribution is -2.01. The molecule has 0 saturated carbocycles. The van der Waals surface area contributed by atoms with E-state index < -0.39 is 0 Å². The third-order valence-electron chi connectivity index (χ3n) is 3.34. The van der Waals surface area contributed by atoms with E-state index >= 15 is 0 Å². The fourth-order valence-electron chi connectivity index (χ4n) is 2.41. The van der Waals surface area contributed by atoms with Crippen LogP contribution in [0.5, 0.6) is 0 Å². The first-order chi connectivity index (χ1) is 8.92. The van der Waals surface area contributed by atoms with Gasteiger partial charge in [-0.05, 0) is 16.8 Å². The Balaban J connectivity index is 1.85. The van der Waals surface area contributed by atoms with E-state index in [9.17, 15) is 0 Å². The van der Waals surface area contributed by atoms with E-state index in [-0.39, 0.29) is 0 Å². The van der Waals surface area contributed by atoms with Crippen LogP contribution in [0.3, 0.4) is 0 Å². The van der Waals surface area contributed by atoms with Crippen molar-refractivity contribution < 1.29 is 0 Å². The summed E-state index contributed by atoms with van der Waals surface area (Å²) in [6.07, 6.45) is 5.62. The zero-order valence-corrected chi connectivity index (χ0v) is 9.67. The highest BCUT2D eigenvalue weighted by Gasteiger charge is 2.20. The molecule has 0 aliphatic carbocycles. The number of aliphatic imine (C=N–C) groups is 2. The third-order valence-corrected chi connectivity index (χ3v) is 3.34. The highest BCUT2D eigenvalue weighted by Crippen LogP contribution is 2.27. The van der Waals surface area contributed by atoms with E-state index in [4.69, 9.17) is 0 Å². The van der Waals surface area contributed by atoms with Crippen LogP contribution in [-0.2, 0) is 0 Å². The van der Waals surface area contributed by atoms with E-state index in [2.05, 4.69) is 52.4 Å². The average molecular weight is 230 g/mol. The van der Waals surface area contributed by atoms with Gasteiger partial charge in [-0.3, -0.25) is 9.98 Å². The van der Waals surface area contributed by atoms with Crippen molar-refractivity contribution in [3.05, 3.63) is 71.6 Å². The van der Waals surface area contributed by atoms with Crippen molar-refractivity contribution in [1.82, 2.24) is 0 Å². The maximum absolute atomic E-state index is 4.49. The Labute approximate surface area is 105 Å². The van der Waals surface area contributed by atoms with Crippen molar-refractivity contribution in [2.45, 2.75) is 0 Å². The minimum atomic E-state index is 1.02. The van der Waals surface area contributed by atoms with Crippen molar-refractivity contribution in [3.63, 3.8) is 0 Å². The van der Waals surface area contributed by atoms with Crippen molar-refractivity contribution in [3.8, 4) is 0 Å². The Morgan fingerprint density at radius 1 is 0.833 bits per heavy atom. The Bertz CT molecular complexity index is 777. The molecular formula is C16H10N2. The second-order valence-electron chi connectivity index (χ2n) is 4.45. The van der Waals surface area contributed by atoms with Crippen LogP contribution in [0.25, 0.3) is 10.8 Å². The molecule has 0 bridgehead atoms. The number of hydrogen-bond acceptors (Lipinski definition) is 2. The van der Waals surface area contributed by atoms with Crippen LogP contribution in [-0.4, -0.2) is 11.9 Å². The first kappa shape index (κ1) is 9.54. The molecule has 84 valence electrons. The number of nitrogens with zero attached hydrogens (tertiary/aromatic N) is 2. The number of allylic oxidation sites excluding steroid dienone is 2. The summed E-state index contributed by atoms with van der Waals surface area (Å²) in [5, 5.41) is 2.50. The molecule has 0 N–H and O–H groups in total. The predicted octanol–water partition coefficient (Wildman–Crippen LogP) is 3.49. The first-order valence-corrected chi connectivity index (χ1v) is 5.93. The number of rotatable bonds is 1. The van der Waals surface area contributed by atoms with E-state index in [1.54, 1.807) is 0 Å². The van der Waals surface area contributed by atoms with Crippen LogP contribution in [0, 0.1) is 0 Å². The standard InChI is InChI=1S/C16H10N2/c1-2-4-12-7-13(6-5-11(12)3-1)16-15-10-17-8-14(15)9-18-16/h1-10H. The molecule has 0 unspecified atom stereocenters. The molecule has 18 heavy (non-hydrogen) atoms. The van der Waals surface area contributed by atoms with Crippen LogP contribution < -0.4 is 0 Å². The summed E-state index contributed by atoms with van der Waals surface area (Å²) < 4.78 is 0. The van der Waals surface area contributed by atoms with Crippen molar-refractivity contribution >= 4 is 22.7 Å². The lowest BCUT2D eigenvalue weighted by molar-refractivity contribution is 1.56. The van der Waals surface area contributed by atoms with Gasteiger partial charge in [-0.25, -0.2) is 0 Å². The SMILES string of the molecule is C1=NC=C2C1=CN=C2c1ccc2ccccc2c1. The number of benzene rings is 2. The normalized spacial score (nSPS) is 16.6. The van der Waals surface area contributed by atoms with Crippen molar-refractivity contribution in [2.24, 2.45) is 9.98 Å². The van der Waals surface area contributed by atoms with Gasteiger partial charge in [0.2, 0.25) is 0 Å². The molecular weight excluding hydrogens is 220 g/mol. The molecule has 0 aromatic heterocycles. The van der Waals surface area contributed by atoms with Gasteiger partial charge in [-0.1, -0.05) is 36.4 Å². The van der Waals surface area contributed by atoms with E-state index in [1.165, 1.54) is 10.8 Å². The Morgan fingerprint density at radius 2 is 1.72 bits per heavy atom. The largest absolute Gasteiger partial charge is 0.263 e. The lowest BCUT2D eigenvalue weighted by Gasteiger charge is -2.05. The van der Waals surface area contributed by atoms with Gasteiger partial charge in [0.25, 0.3) is 0 Å². The highest BCUT2D eigenvalue weighted by atomic mass is 14.8. The smallest absolute Gasteiger partial charge is 0.0797 e. The Kier molecular flexibility index (Phi) is 1.86. The summed E-state index contributed by atoms with van der Waals surface area (Å²) in [6.45, 7) is 0. The molecule has 2 heteroatoms. The van der Waals surface area contributed by atoms with E-state index in [0.717, 1.165) is 22.4 Å². The maximum Gasteiger partial charge on any atom is 0.0797 e. The molecule has 4 rings (SSSR count). The summed E-state index contributed by atoms with van der Waals surface area (Å²) in [7, 11) is 0. The van der Waals surface area contributed by atoms with Crippen molar-refractivity contribution in [2.75, 3.05) is 0 Å². The van der Waals surface area contributed by atoms with Gasteiger partial charge < -0.3 is 0 Å². The van der Waals surface area contributed by atoms with Crippen LogP contribution in [0.1, 0.15) is 5.56 Å². The quantitative estimate of drug-likeness (QED) is 0.716. The zero-order valence-electron chi connectivity index (χ0n) is 9.67. The summed E-state index contributed by atoms with van der Waals surface area (Å²) >= 11 is 0. The molecule has 2 aromatic carbocycles. The number of hydrogen-bond donors (Lipinski definition) is 0. The predicted molar refractivity (Wildman–Crippen MR) is 75.1 cm³/mol. The second-order valence-corrected chi connectivity index (χ2v) is 4.45. The molecule has 2 heterocycles. The fraction of sp³-hybridized carbons (Fsp3) is 0. The maximum atomic E-state index is 4.49. The topological polar surface area (TPSA) is 24.7 Å². The average Bonchev–Trinajstić information content (AvgIpc) is 3.00. The first-order valence-electron chi connectivity index (χ1n) is 5.93. The highest BCUT2D eigenvalue weighted by molar-refractivity contribution is 6.23. The van der Waals surface area contributed by atoms with Gasteiger partial charge in [0.1, 0.15) is 0 Å². The van der Waals surface area contributed by atoms with Crippen LogP contribution in [0.2, 0.25) is 0 Å². The number of fused-ring (bicyclic) bond motifs is 2. The molecule has 2 aliphatic rings. The second kappa shape index (κ2) is 3.50. The molecule has 0 amide bonds. The van der Waals surface area contributed by atoms with Gasteiger partial charge in [0, 0.05) is 35.3 Å². The van der Waals surface area contributed by atoms with Gasteiger partial charge in [0.05, 0.1) is 5.71 Å². The van der Waals surface area contributed by atoms with E-state index in [0.29, 0.717) is 0 Å². The molecule has 2 aromatic rings. The van der Waals surface area contributed by atoms with Gasteiger partial charge in [-0.2, -0.15) is 0 Å². The van der Waals surface area contributed by atoms with Crippen LogP contribution >= 0.6 is 0 Å². The summed E-state index contributed by atoms with van der Waals surface area (Å²) in [6, 6.07) is 14.8. The van der Waals surface area contributed by atoms with Gasteiger partial charge in [-0.15, -0.1) is 0 Å². The molecule has 2 aliphatic heterocycles. The molecule has 0 fully saturated rings. The minimum absolute atomic E-state index is 1.02. The summed E-state index contributed by atoms with van der Waals surface area (Å²) in [5.41, 5.74) is 4.41. The molecule has 0 saturated heterocycles. The van der Waals surface area contributed by atoms with Crippen LogP contribution in [0.15, 0.2) is 76.0 Å². The third kappa shape index (κ3) is 1.29. The van der Waals surface area contributed by atoms with Crippen molar-refractivity contribution in [1.29, 1.82) is 0 Å². The summed E-state index contributed by atoms with van der Waals surface area (Å²) in [5.74, 6) is 0. The monoisotopic (exact) mass is 230 g/mol. The summed E-state index contributed by atoms with van der Waals surface area (Å²) in [4.78, 5) is 8.66. The molecule has 0 spiro atoms. The van der Waals surface area contributed by atoms with Crippen LogP contribution in [0.4, 0.5) is 0 Å². The zero-order chi connectivity index (χ0) is 11.9.